The molecule has 1 N–H and O–H groups in total. The van der Waals surface area contributed by atoms with Crippen LogP contribution in [0.1, 0.15) is 28.2 Å². The lowest BCUT2D eigenvalue weighted by Crippen LogP contribution is -2.35. The maximum Gasteiger partial charge on any atom is 0.157 e. The molecule has 1 heterocycles. The van der Waals surface area contributed by atoms with Crippen molar-refractivity contribution in [1.29, 1.82) is 0 Å². The van der Waals surface area contributed by atoms with Gasteiger partial charge in [0.1, 0.15) is 5.84 Å². The Morgan fingerprint density at radius 3 is 1.85 bits per heavy atom. The Hall–Kier alpha value is -9.25. The fraction of sp³-hybridized carbons (Fsp3) is 0.0580. The monoisotopic (exact) mass is 936 g/mol. The van der Waals surface area contributed by atoms with Crippen LogP contribution in [0.2, 0.25) is 0 Å². The number of benzene rings is 9. The van der Waals surface area contributed by atoms with E-state index < -0.39 is 0 Å². The zero-order valence-electron chi connectivity index (χ0n) is 40.6. The number of nitrogens with one attached hydrogen (secondary N) is 1. The highest BCUT2D eigenvalue weighted by molar-refractivity contribution is 6.12. The van der Waals surface area contributed by atoms with E-state index in [1.54, 1.807) is 0 Å². The van der Waals surface area contributed by atoms with E-state index in [0.29, 0.717) is 18.2 Å². The summed E-state index contributed by atoms with van der Waals surface area (Å²) in [6.45, 7) is 0.466. The van der Waals surface area contributed by atoms with Crippen molar-refractivity contribution in [3.8, 4) is 55.8 Å². The lowest BCUT2D eigenvalue weighted by Gasteiger charge is -2.29. The van der Waals surface area contributed by atoms with Gasteiger partial charge in [-0.05, 0) is 107 Å². The molecule has 12 rings (SSSR count). The number of amidine groups is 2. The van der Waals surface area contributed by atoms with Crippen molar-refractivity contribution in [1.82, 2.24) is 10.3 Å². The summed E-state index contributed by atoms with van der Waals surface area (Å²) in [5, 5.41) is 8.42. The average Bonchev–Trinajstić information content (AvgIpc) is 3.47. The van der Waals surface area contributed by atoms with Crippen LogP contribution in [-0.4, -0.2) is 23.7 Å². The van der Waals surface area contributed by atoms with Crippen molar-refractivity contribution in [3.63, 3.8) is 0 Å². The van der Waals surface area contributed by atoms with E-state index >= 15 is 0 Å². The van der Waals surface area contributed by atoms with E-state index in [4.69, 9.17) is 15.0 Å². The molecule has 0 saturated carbocycles. The number of hydrogen-bond donors (Lipinski definition) is 1. The Labute approximate surface area is 427 Å². The van der Waals surface area contributed by atoms with Crippen LogP contribution in [0.3, 0.4) is 0 Å². The number of hydrogen-bond acceptors (Lipinski definition) is 2. The molecule has 2 unspecified atom stereocenters. The van der Waals surface area contributed by atoms with Crippen molar-refractivity contribution in [2.24, 2.45) is 15.9 Å². The third-order valence-electron chi connectivity index (χ3n) is 14.2. The van der Waals surface area contributed by atoms with Crippen LogP contribution in [0.25, 0.3) is 78.2 Å². The molecule has 0 fully saturated rings. The van der Waals surface area contributed by atoms with E-state index in [2.05, 4.69) is 254 Å². The summed E-state index contributed by atoms with van der Waals surface area (Å²) < 4.78 is 0. The number of aliphatic imine (C=N–C) groups is 2. The molecule has 10 aromatic rings. The van der Waals surface area contributed by atoms with Crippen LogP contribution < -0.4 is 15.8 Å². The predicted octanol–water partition coefficient (Wildman–Crippen LogP) is 14.7. The van der Waals surface area contributed by atoms with Gasteiger partial charge in [-0.3, -0.25) is 9.98 Å². The summed E-state index contributed by atoms with van der Waals surface area (Å²) in [6, 6.07) is 82.3. The topological polar surface area (TPSA) is 49.6 Å². The van der Waals surface area contributed by atoms with Gasteiger partial charge in [0.15, 0.2) is 5.84 Å². The average molecular weight is 937 g/mol. The first-order chi connectivity index (χ1) is 36.1. The molecule has 1 aromatic heterocycles. The maximum atomic E-state index is 5.45. The number of nitrogens with zero attached hydrogens (tertiary/aromatic N) is 3. The van der Waals surface area contributed by atoms with Crippen LogP contribution in [0.4, 0.5) is 0 Å². The van der Waals surface area contributed by atoms with Crippen LogP contribution >= 0.6 is 0 Å². The molecule has 2 atom stereocenters. The Morgan fingerprint density at radius 2 is 1.10 bits per heavy atom. The molecule has 2 aliphatic carbocycles. The zero-order chi connectivity index (χ0) is 48.9. The first-order valence-electron chi connectivity index (χ1n) is 25.1. The van der Waals surface area contributed by atoms with Crippen molar-refractivity contribution in [3.05, 3.63) is 294 Å². The molecule has 0 aliphatic heterocycles. The van der Waals surface area contributed by atoms with Gasteiger partial charge >= 0.3 is 0 Å². The Balaban J connectivity index is 0.961. The second kappa shape index (κ2) is 20.2. The summed E-state index contributed by atoms with van der Waals surface area (Å²) >= 11 is 0. The molecule has 0 radical (unpaired) electrons. The Morgan fingerprint density at radius 1 is 0.493 bits per heavy atom. The summed E-state index contributed by atoms with van der Waals surface area (Å²) in [6.07, 6.45) is 13.3. The molecule has 0 bridgehead atoms. The number of aromatic nitrogens is 1. The van der Waals surface area contributed by atoms with Gasteiger partial charge in [-0.1, -0.05) is 231 Å². The second-order valence-electron chi connectivity index (χ2n) is 18.7. The molecular weight excluding hydrogens is 885 g/mol. The molecule has 0 saturated heterocycles. The SMILES string of the molecule is CNC(=NC(=NCc1ccc(-c2ccccc2)cc1)c1ccc(-c2ccccc2)cc1)c1cc(-c2ccc(C3C=c4ccccc4=C4C=CC=CC43)cc2)cc(-c2cccc(-c3nccc4ccccc34)c2)c1. The van der Waals surface area contributed by atoms with Crippen molar-refractivity contribution in [2.75, 3.05) is 7.05 Å². The maximum absolute atomic E-state index is 5.45. The fourth-order valence-corrected chi connectivity index (χ4v) is 10.4. The summed E-state index contributed by atoms with van der Waals surface area (Å²) in [4.78, 5) is 15.6. The van der Waals surface area contributed by atoms with Gasteiger partial charge in [0.2, 0.25) is 0 Å². The summed E-state index contributed by atoms with van der Waals surface area (Å²) in [7, 11) is 1.95. The largest absolute Gasteiger partial charge is 0.373 e. The van der Waals surface area contributed by atoms with E-state index in [0.717, 1.165) is 72.1 Å². The van der Waals surface area contributed by atoms with Crippen molar-refractivity contribution < 1.29 is 0 Å². The van der Waals surface area contributed by atoms with Crippen molar-refractivity contribution >= 4 is 34.1 Å². The molecular formula is C69H52N4. The van der Waals surface area contributed by atoms with E-state index in [9.17, 15) is 0 Å². The van der Waals surface area contributed by atoms with E-state index in [-0.39, 0.29) is 11.8 Å². The third kappa shape index (κ3) is 9.43. The van der Waals surface area contributed by atoms with Crippen LogP contribution in [0, 0.1) is 5.92 Å². The van der Waals surface area contributed by atoms with Gasteiger partial charge in [0.05, 0.1) is 12.2 Å². The lowest BCUT2D eigenvalue weighted by atomic mass is 9.75. The first-order valence-corrected chi connectivity index (χ1v) is 25.1. The van der Waals surface area contributed by atoms with Crippen molar-refractivity contribution in [2.45, 2.75) is 12.5 Å². The van der Waals surface area contributed by atoms with Crippen LogP contribution in [-0.2, 0) is 6.54 Å². The first kappa shape index (κ1) is 44.9. The molecule has 9 aromatic carbocycles. The molecule has 4 heteroatoms. The minimum absolute atomic E-state index is 0.219. The van der Waals surface area contributed by atoms with Gasteiger partial charge in [-0.15, -0.1) is 0 Å². The minimum Gasteiger partial charge on any atom is -0.373 e. The molecule has 0 amide bonds. The zero-order valence-corrected chi connectivity index (χ0v) is 40.6. The Kier molecular flexibility index (Phi) is 12.5. The number of fused-ring (bicyclic) bond motifs is 3. The highest BCUT2D eigenvalue weighted by Crippen LogP contribution is 2.39. The predicted molar refractivity (Wildman–Crippen MR) is 306 cm³/mol. The van der Waals surface area contributed by atoms with Crippen LogP contribution in [0.15, 0.2) is 271 Å². The van der Waals surface area contributed by atoms with Gasteiger partial charge in [-0.25, -0.2) is 4.99 Å². The highest BCUT2D eigenvalue weighted by atomic mass is 15.0. The molecule has 348 valence electrons. The number of rotatable bonds is 10. The number of pyridine rings is 1. The summed E-state index contributed by atoms with van der Waals surface area (Å²) in [5.74, 6) is 1.85. The lowest BCUT2D eigenvalue weighted by molar-refractivity contribution is 0.742. The smallest absolute Gasteiger partial charge is 0.157 e. The third-order valence-corrected chi connectivity index (χ3v) is 14.2. The van der Waals surface area contributed by atoms with Crippen LogP contribution in [0.5, 0.6) is 0 Å². The normalized spacial score (nSPS) is 15.1. The Bertz CT molecular complexity index is 3880. The fourth-order valence-electron chi connectivity index (χ4n) is 10.4. The molecule has 2 aliphatic rings. The molecule has 73 heavy (non-hydrogen) atoms. The highest BCUT2D eigenvalue weighted by Gasteiger charge is 2.26. The second-order valence-corrected chi connectivity index (χ2v) is 18.7. The van der Waals surface area contributed by atoms with E-state index in [1.165, 1.54) is 32.7 Å². The van der Waals surface area contributed by atoms with Gasteiger partial charge < -0.3 is 5.32 Å². The quantitative estimate of drug-likeness (QED) is 0.110. The van der Waals surface area contributed by atoms with Gasteiger partial charge in [-0.2, -0.15) is 0 Å². The molecule has 4 nitrogen and oxygen atoms in total. The standard InChI is InChI=1S/C69H52N4/c1-70-68(73-69(55-37-33-51(34-38-55)49-17-6-3-7-18-49)72-46-47-27-29-50(30-28-47)48-15-4-2-5-16-48)61-43-59(42-60(44-61)56-21-14-22-58(41-56)67-63-24-11-8-19-53(63)39-40-71-67)52-31-35-54(36-32-52)66-45-57-20-9-10-23-62(57)64-25-12-13-26-65(64)66/h2-45,65-66H,46H2,1H3,(H,70,72,73). The van der Waals surface area contributed by atoms with E-state index in [1.807, 2.05) is 25.4 Å². The number of allylic oxidation sites excluding steroid dienone is 4. The van der Waals surface area contributed by atoms with Gasteiger partial charge in [0.25, 0.3) is 0 Å². The summed E-state index contributed by atoms with van der Waals surface area (Å²) in [5.41, 5.74) is 16.7. The minimum atomic E-state index is 0.219. The molecule has 0 spiro atoms. The van der Waals surface area contributed by atoms with Gasteiger partial charge in [0, 0.05) is 47.2 Å².